The minimum Gasteiger partial charge on any atom is -0.495 e. The van der Waals surface area contributed by atoms with Crippen LogP contribution in [0.25, 0.3) is 0 Å². The largest absolute Gasteiger partial charge is 0.495 e. The third-order valence-corrected chi connectivity index (χ3v) is 3.67. The van der Waals surface area contributed by atoms with Crippen molar-refractivity contribution in [1.82, 2.24) is 4.90 Å². The smallest absolute Gasteiger partial charge is 0.328 e. The first kappa shape index (κ1) is 14.6. The second-order valence-corrected chi connectivity index (χ2v) is 4.89. The molecular formula is C14H18N2O3S. The second kappa shape index (κ2) is 6.56. The van der Waals surface area contributed by atoms with Gasteiger partial charge in [0, 0.05) is 6.54 Å². The maximum Gasteiger partial charge on any atom is 0.328 e. The normalized spacial score (nSPS) is 17.7. The summed E-state index contributed by atoms with van der Waals surface area (Å²) in [6, 6.07) is 7.23. The number of esters is 1. The summed E-state index contributed by atoms with van der Waals surface area (Å²) in [5.41, 5.74) is 0.788. The minimum absolute atomic E-state index is 0.244. The molecule has 1 saturated heterocycles. The Morgan fingerprint density at radius 3 is 2.85 bits per heavy atom. The molecule has 0 bridgehead atoms. The number of carbonyl (C=O) groups excluding carboxylic acids is 1. The van der Waals surface area contributed by atoms with Crippen LogP contribution >= 0.6 is 12.2 Å². The van der Waals surface area contributed by atoms with Gasteiger partial charge in [-0.15, -0.1) is 0 Å². The van der Waals surface area contributed by atoms with Crippen LogP contribution < -0.4 is 10.1 Å². The van der Waals surface area contributed by atoms with Crippen LogP contribution in [0.15, 0.2) is 24.3 Å². The summed E-state index contributed by atoms with van der Waals surface area (Å²) in [7, 11) is 3.01. The van der Waals surface area contributed by atoms with Crippen LogP contribution in [0.5, 0.6) is 5.75 Å². The van der Waals surface area contributed by atoms with Crippen molar-refractivity contribution in [3.8, 4) is 5.75 Å². The van der Waals surface area contributed by atoms with Crippen LogP contribution in [0.4, 0.5) is 5.69 Å². The van der Waals surface area contributed by atoms with E-state index in [0.717, 1.165) is 25.1 Å². The minimum atomic E-state index is -0.297. The van der Waals surface area contributed by atoms with Gasteiger partial charge in [0.1, 0.15) is 11.8 Å². The molecule has 1 aromatic carbocycles. The highest BCUT2D eigenvalue weighted by atomic mass is 32.1. The summed E-state index contributed by atoms with van der Waals surface area (Å²) < 4.78 is 10.1. The fraction of sp³-hybridized carbons (Fsp3) is 0.429. The molecule has 0 radical (unpaired) electrons. The molecule has 2 rings (SSSR count). The zero-order valence-electron chi connectivity index (χ0n) is 11.6. The number of carbonyl (C=O) groups is 1. The number of ether oxygens (including phenoxy) is 2. The molecule has 0 spiro atoms. The molecule has 5 nitrogen and oxygen atoms in total. The highest BCUT2D eigenvalue weighted by molar-refractivity contribution is 7.80. The van der Waals surface area contributed by atoms with Crippen molar-refractivity contribution in [3.05, 3.63) is 24.3 Å². The number of nitrogens with one attached hydrogen (secondary N) is 1. The molecule has 20 heavy (non-hydrogen) atoms. The van der Waals surface area contributed by atoms with Gasteiger partial charge in [-0.2, -0.15) is 0 Å². The summed E-state index contributed by atoms with van der Waals surface area (Å²) in [6.45, 7) is 0.751. The standard InChI is InChI=1S/C14H18N2O3S/c1-18-12-8-4-3-6-10(12)15-14(20)16-9-5-7-11(16)13(17)19-2/h3-4,6,8,11H,5,7,9H2,1-2H3,(H,15,20). The van der Waals surface area contributed by atoms with E-state index < -0.39 is 0 Å². The summed E-state index contributed by atoms with van der Waals surface area (Å²) >= 11 is 5.40. The zero-order chi connectivity index (χ0) is 14.5. The van der Waals surface area contributed by atoms with E-state index >= 15 is 0 Å². The summed E-state index contributed by atoms with van der Waals surface area (Å²) in [5, 5.41) is 3.65. The van der Waals surface area contributed by atoms with Crippen LogP contribution in [0, 0.1) is 0 Å². The van der Waals surface area contributed by atoms with Gasteiger partial charge in [-0.1, -0.05) is 12.1 Å². The lowest BCUT2D eigenvalue weighted by Crippen LogP contribution is -2.43. The van der Waals surface area contributed by atoms with Crippen molar-refractivity contribution in [3.63, 3.8) is 0 Å². The third-order valence-electron chi connectivity index (χ3n) is 3.34. The van der Waals surface area contributed by atoms with Crippen molar-refractivity contribution >= 4 is 29.0 Å². The first-order chi connectivity index (χ1) is 9.67. The van der Waals surface area contributed by atoms with Crippen LogP contribution in [0.2, 0.25) is 0 Å². The quantitative estimate of drug-likeness (QED) is 0.680. The topological polar surface area (TPSA) is 50.8 Å². The predicted molar refractivity (Wildman–Crippen MR) is 81.0 cm³/mol. The van der Waals surface area contributed by atoms with Gasteiger partial charge >= 0.3 is 5.97 Å². The fourth-order valence-corrected chi connectivity index (χ4v) is 2.65. The molecule has 1 aliphatic rings. The number of rotatable bonds is 3. The van der Waals surface area contributed by atoms with Crippen molar-refractivity contribution in [2.45, 2.75) is 18.9 Å². The molecule has 0 saturated carbocycles. The molecule has 1 heterocycles. The molecule has 0 aliphatic carbocycles. The maximum absolute atomic E-state index is 11.7. The highest BCUT2D eigenvalue weighted by Crippen LogP contribution is 2.25. The molecule has 108 valence electrons. The molecule has 1 aliphatic heterocycles. The molecular weight excluding hydrogens is 276 g/mol. The van der Waals surface area contributed by atoms with Crippen molar-refractivity contribution < 1.29 is 14.3 Å². The van der Waals surface area contributed by atoms with Crippen molar-refractivity contribution in [2.75, 3.05) is 26.1 Å². The lowest BCUT2D eigenvalue weighted by molar-refractivity contribution is -0.144. The summed E-state index contributed by atoms with van der Waals surface area (Å²) in [5.74, 6) is 0.468. The number of nitrogens with zero attached hydrogens (tertiary/aromatic N) is 1. The van der Waals surface area contributed by atoms with Gasteiger partial charge < -0.3 is 19.7 Å². The Bertz CT molecular complexity index is 507. The van der Waals surface area contributed by atoms with E-state index in [4.69, 9.17) is 21.7 Å². The Morgan fingerprint density at radius 2 is 2.15 bits per heavy atom. The van der Waals surface area contributed by atoms with Crippen LogP contribution in [-0.4, -0.2) is 42.8 Å². The first-order valence-electron chi connectivity index (χ1n) is 6.46. The van der Waals surface area contributed by atoms with Gasteiger partial charge in [0.15, 0.2) is 5.11 Å². The average molecular weight is 294 g/mol. The summed E-state index contributed by atoms with van der Waals surface area (Å²) in [4.78, 5) is 13.6. The Morgan fingerprint density at radius 1 is 1.40 bits per heavy atom. The average Bonchev–Trinajstić information content (AvgIpc) is 2.96. The van der Waals surface area contributed by atoms with Crippen LogP contribution in [0.3, 0.4) is 0 Å². The monoisotopic (exact) mass is 294 g/mol. The van der Waals surface area contributed by atoms with Gasteiger partial charge in [-0.3, -0.25) is 0 Å². The Hall–Kier alpha value is -1.82. The van der Waals surface area contributed by atoms with E-state index in [1.54, 1.807) is 7.11 Å². The maximum atomic E-state index is 11.7. The number of anilines is 1. The fourth-order valence-electron chi connectivity index (χ4n) is 2.33. The second-order valence-electron chi connectivity index (χ2n) is 4.51. The van der Waals surface area contributed by atoms with E-state index in [2.05, 4.69) is 5.32 Å². The van der Waals surface area contributed by atoms with E-state index in [1.807, 2.05) is 29.2 Å². The Kier molecular flexibility index (Phi) is 4.79. The molecule has 1 atom stereocenters. The van der Waals surface area contributed by atoms with E-state index in [9.17, 15) is 4.79 Å². The number of hydrogen-bond donors (Lipinski definition) is 1. The number of para-hydroxylation sites is 2. The molecule has 0 amide bonds. The zero-order valence-corrected chi connectivity index (χ0v) is 12.4. The van der Waals surface area contributed by atoms with E-state index in [1.165, 1.54) is 7.11 Å². The number of likely N-dealkylation sites (tertiary alicyclic amines) is 1. The predicted octanol–water partition coefficient (Wildman–Crippen LogP) is 2.03. The third kappa shape index (κ3) is 3.01. The van der Waals surface area contributed by atoms with Gasteiger partial charge in [0.05, 0.1) is 19.9 Å². The van der Waals surface area contributed by atoms with E-state index in [-0.39, 0.29) is 12.0 Å². The lowest BCUT2D eigenvalue weighted by atomic mass is 10.2. The van der Waals surface area contributed by atoms with E-state index in [0.29, 0.717) is 10.9 Å². The molecule has 1 aromatic rings. The van der Waals surface area contributed by atoms with Crippen molar-refractivity contribution in [2.24, 2.45) is 0 Å². The Labute approximate surface area is 123 Å². The lowest BCUT2D eigenvalue weighted by Gasteiger charge is -2.26. The molecule has 1 unspecified atom stereocenters. The first-order valence-corrected chi connectivity index (χ1v) is 6.86. The highest BCUT2D eigenvalue weighted by Gasteiger charge is 2.33. The van der Waals surface area contributed by atoms with Crippen LogP contribution in [-0.2, 0) is 9.53 Å². The SMILES string of the molecule is COC(=O)C1CCCN1C(=S)Nc1ccccc1OC. The molecule has 0 aromatic heterocycles. The van der Waals surface area contributed by atoms with Crippen molar-refractivity contribution in [1.29, 1.82) is 0 Å². The molecule has 6 heteroatoms. The van der Waals surface area contributed by atoms with Gasteiger partial charge in [-0.25, -0.2) is 4.79 Å². The number of hydrogen-bond acceptors (Lipinski definition) is 4. The van der Waals surface area contributed by atoms with Gasteiger partial charge in [-0.05, 0) is 37.2 Å². The van der Waals surface area contributed by atoms with Crippen LogP contribution in [0.1, 0.15) is 12.8 Å². The number of methoxy groups -OCH3 is 2. The summed E-state index contributed by atoms with van der Waals surface area (Å²) in [6.07, 6.45) is 1.69. The number of thiocarbonyl (C=S) groups is 1. The van der Waals surface area contributed by atoms with Gasteiger partial charge in [0.25, 0.3) is 0 Å². The van der Waals surface area contributed by atoms with Gasteiger partial charge in [0.2, 0.25) is 0 Å². The Balaban J connectivity index is 2.09. The number of benzene rings is 1. The molecule has 1 N–H and O–H groups in total. The molecule has 1 fully saturated rings.